The number of para-hydroxylation sites is 1. The lowest BCUT2D eigenvalue weighted by molar-refractivity contribution is -0.134. The summed E-state index contributed by atoms with van der Waals surface area (Å²) in [6, 6.07) is 11.6. The van der Waals surface area contributed by atoms with Gasteiger partial charge < -0.3 is 14.6 Å². The van der Waals surface area contributed by atoms with E-state index < -0.39 is 17.5 Å². The first-order chi connectivity index (χ1) is 12.5. The second kappa shape index (κ2) is 6.87. The zero-order chi connectivity index (χ0) is 18.7. The number of furan rings is 1. The van der Waals surface area contributed by atoms with Crippen LogP contribution in [0.1, 0.15) is 12.7 Å². The molecular weight excluding hydrogens is 334 g/mol. The number of carbonyl (C=O) groups is 3. The molecule has 1 fully saturated rings. The monoisotopic (exact) mass is 353 g/mol. The van der Waals surface area contributed by atoms with Gasteiger partial charge in [0.1, 0.15) is 12.3 Å². The van der Waals surface area contributed by atoms with Crippen molar-refractivity contribution in [3.05, 3.63) is 67.1 Å². The van der Waals surface area contributed by atoms with E-state index in [4.69, 9.17) is 4.42 Å². The third-order valence-corrected chi connectivity index (χ3v) is 4.26. The Morgan fingerprint density at radius 2 is 2.00 bits per heavy atom. The minimum Gasteiger partial charge on any atom is -0.466 e. The third-order valence-electron chi connectivity index (χ3n) is 4.26. The van der Waals surface area contributed by atoms with Crippen LogP contribution in [0, 0.1) is 0 Å². The fourth-order valence-corrected chi connectivity index (χ4v) is 2.88. The predicted octanol–water partition coefficient (Wildman–Crippen LogP) is 2.27. The maximum Gasteiger partial charge on any atom is 0.325 e. The quantitative estimate of drug-likeness (QED) is 0.638. The van der Waals surface area contributed by atoms with Crippen LogP contribution in [0.25, 0.3) is 0 Å². The Kier molecular flexibility index (Phi) is 4.62. The summed E-state index contributed by atoms with van der Waals surface area (Å²) in [6.45, 7) is 5.11. The van der Waals surface area contributed by atoms with Crippen molar-refractivity contribution in [1.82, 2.24) is 10.2 Å². The molecular formula is C19H19N3O4. The maximum absolute atomic E-state index is 12.8. The topological polar surface area (TPSA) is 82.9 Å². The molecule has 134 valence electrons. The normalized spacial score (nSPS) is 19.3. The van der Waals surface area contributed by atoms with E-state index in [-0.39, 0.29) is 19.0 Å². The molecule has 2 heterocycles. The van der Waals surface area contributed by atoms with Crippen molar-refractivity contribution >= 4 is 23.5 Å². The van der Waals surface area contributed by atoms with Crippen LogP contribution >= 0.6 is 0 Å². The maximum atomic E-state index is 12.8. The number of benzene rings is 1. The molecule has 0 spiro atoms. The average Bonchev–Trinajstić information content (AvgIpc) is 3.25. The van der Waals surface area contributed by atoms with Gasteiger partial charge in [0.05, 0.1) is 6.26 Å². The Morgan fingerprint density at radius 1 is 1.27 bits per heavy atom. The summed E-state index contributed by atoms with van der Waals surface area (Å²) >= 11 is 0. The molecule has 1 aromatic carbocycles. The zero-order valence-electron chi connectivity index (χ0n) is 14.3. The molecule has 1 unspecified atom stereocenters. The number of imide groups is 1. The Hall–Kier alpha value is -3.35. The fraction of sp³-hybridized carbons (Fsp3) is 0.211. The van der Waals surface area contributed by atoms with E-state index in [1.54, 1.807) is 49.4 Å². The zero-order valence-corrected chi connectivity index (χ0v) is 14.3. The van der Waals surface area contributed by atoms with Crippen LogP contribution in [-0.2, 0) is 15.1 Å². The molecule has 2 aromatic rings. The van der Waals surface area contributed by atoms with Crippen molar-refractivity contribution in [2.45, 2.75) is 12.5 Å². The van der Waals surface area contributed by atoms with Crippen LogP contribution in [0.2, 0.25) is 0 Å². The molecule has 7 nitrogen and oxygen atoms in total. The van der Waals surface area contributed by atoms with E-state index in [1.165, 1.54) is 11.2 Å². The highest BCUT2D eigenvalue weighted by molar-refractivity contribution is 6.10. The lowest BCUT2D eigenvalue weighted by atomic mass is 9.99. The van der Waals surface area contributed by atoms with E-state index in [0.29, 0.717) is 11.4 Å². The summed E-state index contributed by atoms with van der Waals surface area (Å²) in [6.07, 6.45) is 3.01. The minimum absolute atomic E-state index is 0.266. The molecule has 1 aliphatic heterocycles. The number of nitrogens with zero attached hydrogens (tertiary/aromatic N) is 2. The molecule has 1 aliphatic rings. The van der Waals surface area contributed by atoms with Crippen molar-refractivity contribution in [2.24, 2.45) is 0 Å². The number of hydrogen-bond donors (Lipinski definition) is 1. The molecule has 0 radical (unpaired) electrons. The Balaban J connectivity index is 1.81. The van der Waals surface area contributed by atoms with Gasteiger partial charge in [0.2, 0.25) is 5.91 Å². The second-order valence-corrected chi connectivity index (χ2v) is 6.05. The van der Waals surface area contributed by atoms with Crippen molar-refractivity contribution in [2.75, 3.05) is 18.0 Å². The smallest absolute Gasteiger partial charge is 0.325 e. The molecule has 1 saturated heterocycles. The van der Waals surface area contributed by atoms with Gasteiger partial charge in [-0.3, -0.25) is 14.5 Å². The standard InChI is InChI=1S/C19H19N3O4/c1-3-11-21(14-8-5-4-6-9-14)16(23)13-22-17(24)19(2,20-18(22)25)15-10-7-12-26-15/h3-10,12H,1,11,13H2,2H3,(H,20,25). The summed E-state index contributed by atoms with van der Waals surface area (Å²) in [4.78, 5) is 40.2. The molecule has 7 heteroatoms. The van der Waals surface area contributed by atoms with Crippen LogP contribution in [0.3, 0.4) is 0 Å². The summed E-state index contributed by atoms with van der Waals surface area (Å²) in [5, 5.41) is 2.60. The lowest BCUT2D eigenvalue weighted by Crippen LogP contribution is -2.44. The average molecular weight is 353 g/mol. The van der Waals surface area contributed by atoms with Gasteiger partial charge in [0.15, 0.2) is 5.54 Å². The first kappa shape index (κ1) is 17.5. The predicted molar refractivity (Wildman–Crippen MR) is 95.3 cm³/mol. The molecule has 4 amide bonds. The van der Waals surface area contributed by atoms with Crippen molar-refractivity contribution in [3.63, 3.8) is 0 Å². The molecule has 0 bridgehead atoms. The SMILES string of the molecule is C=CCN(C(=O)CN1C(=O)NC(C)(c2ccco2)C1=O)c1ccccc1. The van der Waals surface area contributed by atoms with Gasteiger partial charge in [-0.1, -0.05) is 24.3 Å². The lowest BCUT2D eigenvalue weighted by Gasteiger charge is -2.24. The van der Waals surface area contributed by atoms with E-state index in [2.05, 4.69) is 11.9 Å². The summed E-state index contributed by atoms with van der Waals surface area (Å²) in [7, 11) is 0. The van der Waals surface area contributed by atoms with E-state index in [0.717, 1.165) is 4.90 Å². The molecule has 3 rings (SSSR count). The molecule has 26 heavy (non-hydrogen) atoms. The Bertz CT molecular complexity index is 832. The summed E-state index contributed by atoms with van der Waals surface area (Å²) in [5.74, 6) is -0.600. The summed E-state index contributed by atoms with van der Waals surface area (Å²) in [5.41, 5.74) is -0.657. The highest BCUT2D eigenvalue weighted by Crippen LogP contribution is 2.29. The van der Waals surface area contributed by atoms with Gasteiger partial charge >= 0.3 is 6.03 Å². The van der Waals surface area contributed by atoms with E-state index in [1.807, 2.05) is 6.07 Å². The minimum atomic E-state index is -1.32. The van der Waals surface area contributed by atoms with Crippen LogP contribution < -0.4 is 10.2 Å². The summed E-state index contributed by atoms with van der Waals surface area (Å²) < 4.78 is 5.28. The second-order valence-electron chi connectivity index (χ2n) is 6.05. The first-order valence-corrected chi connectivity index (χ1v) is 8.12. The van der Waals surface area contributed by atoms with E-state index in [9.17, 15) is 14.4 Å². The van der Waals surface area contributed by atoms with Crippen LogP contribution in [0.5, 0.6) is 0 Å². The number of nitrogens with one attached hydrogen (secondary N) is 1. The van der Waals surface area contributed by atoms with Crippen LogP contribution in [-0.4, -0.2) is 35.8 Å². The van der Waals surface area contributed by atoms with Crippen molar-refractivity contribution in [1.29, 1.82) is 0 Å². The number of rotatable bonds is 6. The van der Waals surface area contributed by atoms with Gasteiger partial charge in [-0.2, -0.15) is 0 Å². The van der Waals surface area contributed by atoms with Gasteiger partial charge in [-0.15, -0.1) is 6.58 Å². The Morgan fingerprint density at radius 3 is 2.62 bits per heavy atom. The highest BCUT2D eigenvalue weighted by atomic mass is 16.3. The van der Waals surface area contributed by atoms with Crippen LogP contribution in [0.4, 0.5) is 10.5 Å². The van der Waals surface area contributed by atoms with Crippen molar-refractivity contribution in [3.8, 4) is 0 Å². The van der Waals surface area contributed by atoms with Gasteiger partial charge in [-0.25, -0.2) is 4.79 Å². The number of amides is 4. The fourth-order valence-electron chi connectivity index (χ4n) is 2.88. The van der Waals surface area contributed by atoms with Crippen molar-refractivity contribution < 1.29 is 18.8 Å². The van der Waals surface area contributed by atoms with Gasteiger partial charge in [-0.05, 0) is 31.2 Å². The molecule has 1 N–H and O–H groups in total. The largest absolute Gasteiger partial charge is 0.466 e. The van der Waals surface area contributed by atoms with Gasteiger partial charge in [0, 0.05) is 12.2 Å². The van der Waals surface area contributed by atoms with E-state index >= 15 is 0 Å². The van der Waals surface area contributed by atoms with Gasteiger partial charge in [0.25, 0.3) is 5.91 Å². The number of hydrogen-bond acceptors (Lipinski definition) is 4. The first-order valence-electron chi connectivity index (χ1n) is 8.12. The molecule has 1 atom stereocenters. The number of urea groups is 1. The molecule has 1 aromatic heterocycles. The van der Waals surface area contributed by atoms with Crippen LogP contribution in [0.15, 0.2) is 65.8 Å². The number of anilines is 1. The number of carbonyl (C=O) groups excluding carboxylic acids is 3. The highest BCUT2D eigenvalue weighted by Gasteiger charge is 2.51. The molecule has 0 aliphatic carbocycles. The molecule has 0 saturated carbocycles. The third kappa shape index (κ3) is 2.99. The Labute approximate surface area is 150 Å².